The van der Waals surface area contributed by atoms with E-state index < -0.39 is 0 Å². The number of unbranched alkanes of at least 4 members (excludes halogenated alkanes) is 4. The Labute approximate surface area is 105 Å². The second kappa shape index (κ2) is 8.04. The van der Waals surface area contributed by atoms with Crippen molar-refractivity contribution >= 4 is 5.82 Å². The summed E-state index contributed by atoms with van der Waals surface area (Å²) in [6.07, 6.45) is 8.36. The Morgan fingerprint density at radius 3 is 2.65 bits per heavy atom. The van der Waals surface area contributed by atoms with Crippen molar-refractivity contribution in [2.24, 2.45) is 0 Å². The predicted molar refractivity (Wildman–Crippen MR) is 73.4 cm³/mol. The van der Waals surface area contributed by atoms with Gasteiger partial charge in [0.15, 0.2) is 0 Å². The third-order valence-electron chi connectivity index (χ3n) is 2.93. The van der Waals surface area contributed by atoms with Crippen molar-refractivity contribution in [2.75, 3.05) is 11.9 Å². The van der Waals surface area contributed by atoms with E-state index in [1.165, 1.54) is 37.7 Å². The van der Waals surface area contributed by atoms with Crippen molar-refractivity contribution in [2.45, 2.75) is 58.8 Å². The van der Waals surface area contributed by atoms with Crippen molar-refractivity contribution in [1.82, 2.24) is 10.2 Å². The molecule has 1 rings (SSSR count). The van der Waals surface area contributed by atoms with Gasteiger partial charge in [-0.25, -0.2) is 0 Å². The fourth-order valence-corrected chi connectivity index (χ4v) is 1.73. The fourth-order valence-electron chi connectivity index (χ4n) is 1.73. The second-order valence-corrected chi connectivity index (χ2v) is 4.87. The van der Waals surface area contributed by atoms with Crippen LogP contribution in [0.2, 0.25) is 0 Å². The molecule has 1 aromatic heterocycles. The number of rotatable bonds is 8. The van der Waals surface area contributed by atoms with E-state index in [9.17, 15) is 0 Å². The van der Waals surface area contributed by atoms with E-state index in [1.807, 2.05) is 6.20 Å². The molecule has 0 bridgehead atoms. The van der Waals surface area contributed by atoms with Crippen LogP contribution < -0.4 is 5.32 Å². The average molecular weight is 235 g/mol. The molecule has 0 saturated carbocycles. The summed E-state index contributed by atoms with van der Waals surface area (Å²) >= 11 is 0. The molecule has 3 nitrogen and oxygen atoms in total. The summed E-state index contributed by atoms with van der Waals surface area (Å²) in [5.41, 5.74) is 1.24. The summed E-state index contributed by atoms with van der Waals surface area (Å²) in [5, 5.41) is 11.5. The summed E-state index contributed by atoms with van der Waals surface area (Å²) in [5.74, 6) is 1.42. The van der Waals surface area contributed by atoms with Gasteiger partial charge in [0.05, 0.1) is 6.20 Å². The lowest BCUT2D eigenvalue weighted by Crippen LogP contribution is -2.05. The maximum Gasteiger partial charge on any atom is 0.148 e. The molecule has 1 N–H and O–H groups in total. The highest BCUT2D eigenvalue weighted by atomic mass is 15.2. The molecule has 0 radical (unpaired) electrons. The largest absolute Gasteiger partial charge is 0.369 e. The highest BCUT2D eigenvalue weighted by molar-refractivity contribution is 5.36. The second-order valence-electron chi connectivity index (χ2n) is 4.87. The van der Waals surface area contributed by atoms with E-state index in [0.29, 0.717) is 5.92 Å². The van der Waals surface area contributed by atoms with Crippen molar-refractivity contribution in [3.63, 3.8) is 0 Å². The van der Waals surface area contributed by atoms with Gasteiger partial charge in [0.25, 0.3) is 0 Å². The van der Waals surface area contributed by atoms with Gasteiger partial charge in [0, 0.05) is 6.54 Å². The number of aromatic nitrogens is 2. The highest BCUT2D eigenvalue weighted by Gasteiger charge is 2.01. The first-order chi connectivity index (χ1) is 8.24. The van der Waals surface area contributed by atoms with E-state index in [2.05, 4.69) is 42.4 Å². The van der Waals surface area contributed by atoms with Crippen LogP contribution in [-0.2, 0) is 0 Å². The number of hydrogen-bond donors (Lipinski definition) is 1. The Morgan fingerprint density at radius 1 is 1.18 bits per heavy atom. The van der Waals surface area contributed by atoms with E-state index in [0.717, 1.165) is 12.4 Å². The first-order valence-corrected chi connectivity index (χ1v) is 6.80. The van der Waals surface area contributed by atoms with Crippen LogP contribution in [0.1, 0.15) is 64.4 Å². The number of nitrogens with one attached hydrogen (secondary N) is 1. The molecular formula is C14H25N3. The molecule has 0 unspecified atom stereocenters. The van der Waals surface area contributed by atoms with Crippen LogP contribution >= 0.6 is 0 Å². The Hall–Kier alpha value is -1.12. The lowest BCUT2D eigenvalue weighted by molar-refractivity contribution is 0.644. The number of nitrogens with zero attached hydrogens (tertiary/aromatic N) is 2. The average Bonchev–Trinajstić information content (AvgIpc) is 2.34. The van der Waals surface area contributed by atoms with E-state index in [4.69, 9.17) is 0 Å². The molecule has 96 valence electrons. The van der Waals surface area contributed by atoms with Gasteiger partial charge in [-0.3, -0.25) is 0 Å². The van der Waals surface area contributed by atoms with Crippen molar-refractivity contribution in [3.8, 4) is 0 Å². The molecule has 0 amide bonds. The Morgan fingerprint density at radius 2 is 1.94 bits per heavy atom. The number of hydrogen-bond acceptors (Lipinski definition) is 3. The molecule has 1 aromatic rings. The third-order valence-corrected chi connectivity index (χ3v) is 2.93. The fraction of sp³-hybridized carbons (Fsp3) is 0.714. The minimum atomic E-state index is 0.510. The van der Waals surface area contributed by atoms with Gasteiger partial charge in [0.1, 0.15) is 5.82 Å². The van der Waals surface area contributed by atoms with Gasteiger partial charge in [-0.2, -0.15) is 5.10 Å². The van der Waals surface area contributed by atoms with E-state index >= 15 is 0 Å². The Bertz CT molecular complexity index is 310. The molecule has 0 aromatic carbocycles. The van der Waals surface area contributed by atoms with Crippen molar-refractivity contribution < 1.29 is 0 Å². The van der Waals surface area contributed by atoms with Crippen LogP contribution in [-0.4, -0.2) is 16.7 Å². The zero-order chi connectivity index (χ0) is 12.5. The lowest BCUT2D eigenvalue weighted by atomic mass is 10.1. The van der Waals surface area contributed by atoms with Gasteiger partial charge in [-0.1, -0.05) is 46.5 Å². The molecule has 0 spiro atoms. The van der Waals surface area contributed by atoms with Crippen LogP contribution in [0.4, 0.5) is 5.82 Å². The molecule has 0 aliphatic carbocycles. The molecule has 0 aliphatic rings. The maximum atomic E-state index is 4.09. The molecular weight excluding hydrogens is 210 g/mol. The van der Waals surface area contributed by atoms with Crippen LogP contribution in [0.3, 0.4) is 0 Å². The summed E-state index contributed by atoms with van der Waals surface area (Å²) in [4.78, 5) is 0. The standard InChI is InChI=1S/C14H25N3/c1-4-5-6-7-8-9-15-14-10-13(12(2)3)11-16-17-14/h10-12H,4-9H2,1-3H3,(H,15,17). The number of anilines is 1. The van der Waals surface area contributed by atoms with Crippen LogP contribution in [0.15, 0.2) is 12.3 Å². The quantitative estimate of drug-likeness (QED) is 0.692. The van der Waals surface area contributed by atoms with Gasteiger partial charge < -0.3 is 5.32 Å². The third kappa shape index (κ3) is 5.66. The van der Waals surface area contributed by atoms with Crippen molar-refractivity contribution in [1.29, 1.82) is 0 Å². The smallest absolute Gasteiger partial charge is 0.148 e. The maximum absolute atomic E-state index is 4.09. The summed E-state index contributed by atoms with van der Waals surface area (Å²) in [7, 11) is 0. The van der Waals surface area contributed by atoms with Crippen molar-refractivity contribution in [3.05, 3.63) is 17.8 Å². The molecule has 0 fully saturated rings. The Kier molecular flexibility index (Phi) is 6.60. The summed E-state index contributed by atoms with van der Waals surface area (Å²) in [6, 6.07) is 2.10. The zero-order valence-corrected chi connectivity index (χ0v) is 11.4. The van der Waals surface area contributed by atoms with Gasteiger partial charge >= 0.3 is 0 Å². The van der Waals surface area contributed by atoms with Gasteiger partial charge in [0.2, 0.25) is 0 Å². The topological polar surface area (TPSA) is 37.8 Å². The van der Waals surface area contributed by atoms with Crippen LogP contribution in [0.5, 0.6) is 0 Å². The van der Waals surface area contributed by atoms with E-state index in [1.54, 1.807) is 0 Å². The molecule has 1 heterocycles. The van der Waals surface area contributed by atoms with Gasteiger partial charge in [-0.05, 0) is 24.0 Å². The lowest BCUT2D eigenvalue weighted by Gasteiger charge is -2.08. The SMILES string of the molecule is CCCCCCCNc1cc(C(C)C)cnn1. The Balaban J connectivity index is 2.24. The summed E-state index contributed by atoms with van der Waals surface area (Å²) in [6.45, 7) is 7.59. The van der Waals surface area contributed by atoms with Crippen LogP contribution in [0, 0.1) is 0 Å². The van der Waals surface area contributed by atoms with Gasteiger partial charge in [-0.15, -0.1) is 5.10 Å². The monoisotopic (exact) mass is 235 g/mol. The van der Waals surface area contributed by atoms with E-state index in [-0.39, 0.29) is 0 Å². The molecule has 17 heavy (non-hydrogen) atoms. The molecule has 3 heteroatoms. The molecule has 0 atom stereocenters. The minimum Gasteiger partial charge on any atom is -0.369 e. The van der Waals surface area contributed by atoms with Crippen LogP contribution in [0.25, 0.3) is 0 Å². The zero-order valence-electron chi connectivity index (χ0n) is 11.4. The minimum absolute atomic E-state index is 0.510. The molecule has 0 aliphatic heterocycles. The molecule has 0 saturated heterocycles. The first kappa shape index (κ1) is 13.9. The predicted octanol–water partition coefficient (Wildman–Crippen LogP) is 3.98. The highest BCUT2D eigenvalue weighted by Crippen LogP contribution is 2.15. The normalized spacial score (nSPS) is 10.8. The first-order valence-electron chi connectivity index (χ1n) is 6.80. The summed E-state index contributed by atoms with van der Waals surface area (Å²) < 4.78 is 0.